The van der Waals surface area contributed by atoms with Gasteiger partial charge >= 0.3 is 12.4 Å². The molecule has 1 aliphatic carbocycles. The largest absolute Gasteiger partial charge is 0.417 e. The van der Waals surface area contributed by atoms with Gasteiger partial charge in [0.1, 0.15) is 5.82 Å². The molecule has 9 nitrogen and oxygen atoms in total. The van der Waals surface area contributed by atoms with Crippen LogP contribution in [0.15, 0.2) is 70.2 Å². The summed E-state index contributed by atoms with van der Waals surface area (Å²) in [6.07, 6.45) is -2.85. The number of fused-ring (bicyclic) bond motifs is 2. The summed E-state index contributed by atoms with van der Waals surface area (Å²) in [5.41, 5.74) is -0.824. The molecule has 0 amide bonds. The normalized spacial score (nSPS) is 21.2. The molecule has 2 atom stereocenters. The van der Waals surface area contributed by atoms with Crippen LogP contribution in [-0.2, 0) is 26.4 Å². The van der Waals surface area contributed by atoms with E-state index in [4.69, 9.17) is 23.2 Å². The first-order valence-corrected chi connectivity index (χ1v) is 19.0. The number of alkyl halides is 6. The van der Waals surface area contributed by atoms with Crippen LogP contribution in [0.4, 0.5) is 37.7 Å². The minimum absolute atomic E-state index is 0.00774. The second-order valence-corrected chi connectivity index (χ2v) is 15.4. The SMILES string of the molecule is CCN1/C(=C\C=C\C2=C(CCCS(=O)(=O)O)C3C=C(C(F)(F)F)C(Cl)=CC3N2CC)N(CCCS(=O)(=O)O)c2cc(C(F)(F)F)c(Cl)cc21. The number of likely N-dealkylation sites (N-methyl/N-ethyl adjacent to an activating group) is 1. The Labute approximate surface area is 290 Å². The fraction of sp³-hybridized carbons (Fsp3) is 0.467. The second kappa shape index (κ2) is 14.5. The molecule has 4 rings (SSSR count). The van der Waals surface area contributed by atoms with Crippen LogP contribution < -0.4 is 9.80 Å². The van der Waals surface area contributed by atoms with Crippen LogP contribution in [0.1, 0.15) is 38.7 Å². The molecule has 2 heterocycles. The second-order valence-electron chi connectivity index (χ2n) is 11.4. The lowest BCUT2D eigenvalue weighted by Crippen LogP contribution is -2.34. The van der Waals surface area contributed by atoms with Crippen molar-refractivity contribution in [1.29, 1.82) is 0 Å². The zero-order valence-electron chi connectivity index (χ0n) is 26.1. The summed E-state index contributed by atoms with van der Waals surface area (Å²) in [7, 11) is -8.75. The third kappa shape index (κ3) is 8.97. The van der Waals surface area contributed by atoms with Gasteiger partial charge in [0.15, 0.2) is 0 Å². The first kappa shape index (κ1) is 39.1. The van der Waals surface area contributed by atoms with Gasteiger partial charge in [-0.2, -0.15) is 43.2 Å². The molecule has 2 N–H and O–H groups in total. The van der Waals surface area contributed by atoms with Crippen LogP contribution in [0.2, 0.25) is 5.02 Å². The van der Waals surface area contributed by atoms with Crippen molar-refractivity contribution in [3.8, 4) is 0 Å². The topological polar surface area (TPSA) is 118 Å². The smallest absolute Gasteiger partial charge is 0.364 e. The van der Waals surface area contributed by atoms with Crippen LogP contribution >= 0.6 is 23.2 Å². The van der Waals surface area contributed by atoms with Crippen molar-refractivity contribution in [1.82, 2.24) is 4.90 Å². The van der Waals surface area contributed by atoms with E-state index in [1.807, 2.05) is 0 Å². The Kier molecular flexibility index (Phi) is 11.6. The number of benzene rings is 1. The van der Waals surface area contributed by atoms with Crippen LogP contribution in [0.5, 0.6) is 0 Å². The van der Waals surface area contributed by atoms with Gasteiger partial charge in [0.25, 0.3) is 20.2 Å². The molecule has 49 heavy (non-hydrogen) atoms. The first-order chi connectivity index (χ1) is 22.6. The average molecular weight is 781 g/mol. The molecule has 0 aromatic heterocycles. The highest BCUT2D eigenvalue weighted by atomic mass is 35.5. The molecule has 1 aromatic rings. The Morgan fingerprint density at radius 2 is 1.47 bits per heavy atom. The number of halogens is 8. The molecule has 0 bridgehead atoms. The van der Waals surface area contributed by atoms with Crippen molar-refractivity contribution in [2.24, 2.45) is 5.92 Å². The van der Waals surface area contributed by atoms with E-state index in [0.29, 0.717) is 29.3 Å². The zero-order valence-corrected chi connectivity index (χ0v) is 29.2. The lowest BCUT2D eigenvalue weighted by atomic mass is 9.85. The molecule has 0 fully saturated rings. The van der Waals surface area contributed by atoms with E-state index in [1.54, 1.807) is 29.7 Å². The highest BCUT2D eigenvalue weighted by Crippen LogP contribution is 2.49. The summed E-state index contributed by atoms with van der Waals surface area (Å²) in [6, 6.07) is 1.37. The number of hydrogen-bond donors (Lipinski definition) is 2. The van der Waals surface area contributed by atoms with E-state index < -0.39 is 77.2 Å². The Hall–Kier alpha value is -2.70. The van der Waals surface area contributed by atoms with E-state index in [9.17, 15) is 52.3 Å². The zero-order chi connectivity index (χ0) is 36.7. The van der Waals surface area contributed by atoms with Crippen LogP contribution in [0.3, 0.4) is 0 Å². The third-order valence-electron chi connectivity index (χ3n) is 8.29. The Morgan fingerprint density at radius 3 is 2.02 bits per heavy atom. The van der Waals surface area contributed by atoms with Crippen molar-refractivity contribution in [2.75, 3.05) is 40.9 Å². The summed E-state index contributed by atoms with van der Waals surface area (Å²) in [5, 5.41) is -1.04. The van der Waals surface area contributed by atoms with Gasteiger partial charge in [-0.25, -0.2) is 0 Å². The van der Waals surface area contributed by atoms with Crippen molar-refractivity contribution < 1.29 is 52.3 Å². The van der Waals surface area contributed by atoms with Gasteiger partial charge in [-0.3, -0.25) is 9.11 Å². The van der Waals surface area contributed by atoms with E-state index >= 15 is 0 Å². The fourth-order valence-corrected chi connectivity index (χ4v) is 7.90. The van der Waals surface area contributed by atoms with E-state index in [2.05, 4.69) is 0 Å². The average Bonchev–Trinajstić information content (AvgIpc) is 3.39. The van der Waals surface area contributed by atoms with Gasteiger partial charge in [-0.15, -0.1) is 0 Å². The molecule has 2 aliphatic heterocycles. The molecule has 0 spiro atoms. The standard InChI is InChI=1S/C30H33Cl2F6N3O6S2/c1-3-39-24(18(8-6-12-48(42,43)44)19-14-20(29(33,34)35)22(31)16-25(19)39)9-5-10-28-40(4-2)27-17-23(32)21(30(36,37)38)15-26(27)41(28)11-7-13-49(45,46)47/h5,9-10,14-17,19,25H,3-4,6-8,11-13H2,1-2H3,(H,42,43,44)(H,45,46,47)/b9-5+,28-10+. The Morgan fingerprint density at radius 1 is 0.857 bits per heavy atom. The molecule has 2 unspecified atom stereocenters. The van der Waals surface area contributed by atoms with Gasteiger partial charge in [-0.1, -0.05) is 35.4 Å². The molecule has 0 saturated heterocycles. The summed E-state index contributed by atoms with van der Waals surface area (Å²) in [5.74, 6) is -1.80. The molecular formula is C30H33Cl2F6N3O6S2. The predicted molar refractivity (Wildman–Crippen MR) is 175 cm³/mol. The highest BCUT2D eigenvalue weighted by molar-refractivity contribution is 7.86. The lowest BCUT2D eigenvalue weighted by Gasteiger charge is -2.31. The summed E-state index contributed by atoms with van der Waals surface area (Å²) in [6.45, 7) is 3.92. The maximum atomic E-state index is 13.8. The van der Waals surface area contributed by atoms with Crippen LogP contribution in [0, 0.1) is 5.92 Å². The maximum Gasteiger partial charge on any atom is 0.417 e. The van der Waals surface area contributed by atoms with Crippen molar-refractivity contribution in [3.63, 3.8) is 0 Å². The highest BCUT2D eigenvalue weighted by Gasteiger charge is 2.45. The van der Waals surface area contributed by atoms with Gasteiger partial charge in [0.2, 0.25) is 0 Å². The van der Waals surface area contributed by atoms with Crippen molar-refractivity contribution in [2.45, 2.75) is 51.5 Å². The number of anilines is 2. The number of rotatable bonds is 12. The van der Waals surface area contributed by atoms with Crippen LogP contribution in [-0.4, -0.2) is 74.2 Å². The molecule has 1 aromatic carbocycles. The van der Waals surface area contributed by atoms with Gasteiger partial charge in [-0.05, 0) is 69.0 Å². The van der Waals surface area contributed by atoms with Gasteiger partial charge in [0.05, 0.1) is 50.1 Å². The first-order valence-electron chi connectivity index (χ1n) is 15.0. The van der Waals surface area contributed by atoms with Crippen LogP contribution in [0.25, 0.3) is 0 Å². The molecular weight excluding hydrogens is 747 g/mol. The number of nitrogens with zero attached hydrogens (tertiary/aromatic N) is 3. The van der Waals surface area contributed by atoms with Gasteiger partial charge in [0, 0.05) is 31.2 Å². The maximum absolute atomic E-state index is 13.8. The number of allylic oxidation sites excluding steroid dienone is 5. The quantitative estimate of drug-likeness (QED) is 0.164. The van der Waals surface area contributed by atoms with Crippen molar-refractivity contribution >= 4 is 54.8 Å². The molecule has 0 radical (unpaired) electrons. The minimum atomic E-state index is -4.80. The number of hydrogen-bond acceptors (Lipinski definition) is 7. The molecule has 19 heteroatoms. The molecule has 3 aliphatic rings. The Balaban J connectivity index is 1.82. The summed E-state index contributed by atoms with van der Waals surface area (Å²) >= 11 is 12.1. The van der Waals surface area contributed by atoms with E-state index in [1.165, 1.54) is 23.1 Å². The molecule has 272 valence electrons. The van der Waals surface area contributed by atoms with E-state index in [-0.39, 0.29) is 38.0 Å². The lowest BCUT2D eigenvalue weighted by molar-refractivity contribution is -0.137. The molecule has 0 saturated carbocycles. The summed E-state index contributed by atoms with van der Waals surface area (Å²) < 4.78 is 147. The third-order valence-corrected chi connectivity index (χ3v) is 10.5. The predicted octanol–water partition coefficient (Wildman–Crippen LogP) is 7.55. The summed E-state index contributed by atoms with van der Waals surface area (Å²) in [4.78, 5) is 4.89. The Bertz CT molecular complexity index is 1840. The van der Waals surface area contributed by atoms with Crippen molar-refractivity contribution in [3.05, 3.63) is 80.8 Å². The fourth-order valence-electron chi connectivity index (χ4n) is 6.33. The van der Waals surface area contributed by atoms with Gasteiger partial charge < -0.3 is 14.7 Å². The monoisotopic (exact) mass is 779 g/mol. The minimum Gasteiger partial charge on any atom is -0.364 e. The van der Waals surface area contributed by atoms with E-state index in [0.717, 1.165) is 18.2 Å².